The largest absolute Gasteiger partial charge is 0.494 e. The normalized spacial score (nSPS) is 16.0. The summed E-state index contributed by atoms with van der Waals surface area (Å²) in [5.74, 6) is 1.79. The van der Waals surface area contributed by atoms with E-state index in [-0.39, 0.29) is 0 Å². The van der Waals surface area contributed by atoms with Gasteiger partial charge in [0.1, 0.15) is 11.6 Å². The summed E-state index contributed by atoms with van der Waals surface area (Å²) in [6.07, 6.45) is 11.5. The predicted molar refractivity (Wildman–Crippen MR) is 120 cm³/mol. The van der Waals surface area contributed by atoms with Crippen LogP contribution in [0.25, 0.3) is 5.69 Å². The predicted octanol–water partition coefficient (Wildman–Crippen LogP) is 4.96. The molecule has 3 rings (SSSR count). The van der Waals surface area contributed by atoms with Crippen LogP contribution in [-0.4, -0.2) is 22.4 Å². The number of aryl methyl sites for hydroxylation is 1. The highest BCUT2D eigenvalue weighted by Crippen LogP contribution is 2.29. The Balaban J connectivity index is 1.80. The van der Waals surface area contributed by atoms with Crippen molar-refractivity contribution in [3.63, 3.8) is 0 Å². The molecule has 1 aliphatic carbocycles. The van der Waals surface area contributed by atoms with Gasteiger partial charge in [-0.25, -0.2) is 9.98 Å². The number of methoxy groups -OCH3 is 1. The quantitative estimate of drug-likeness (QED) is 0.652. The Labute approximate surface area is 173 Å². The number of anilines is 1. The van der Waals surface area contributed by atoms with E-state index in [1.54, 1.807) is 19.6 Å². The fraction of sp³-hybridized carbons (Fsp3) is 0.391. The first-order chi connectivity index (χ1) is 14.0. The third-order valence-electron chi connectivity index (χ3n) is 5.36. The molecule has 1 heterocycles. The molecular formula is C23H31N5O. The lowest BCUT2D eigenvalue weighted by atomic mass is 9.83. The molecule has 29 heavy (non-hydrogen) atoms. The van der Waals surface area contributed by atoms with Gasteiger partial charge in [-0.1, -0.05) is 25.8 Å². The van der Waals surface area contributed by atoms with Crippen LogP contribution in [0.5, 0.6) is 5.75 Å². The summed E-state index contributed by atoms with van der Waals surface area (Å²) in [7, 11) is 1.66. The second-order valence-electron chi connectivity index (χ2n) is 7.56. The van der Waals surface area contributed by atoms with Gasteiger partial charge in [0.2, 0.25) is 0 Å². The zero-order valence-corrected chi connectivity index (χ0v) is 17.6. The lowest BCUT2D eigenvalue weighted by molar-refractivity contribution is 0.413. The minimum Gasteiger partial charge on any atom is -0.494 e. The number of nitrogens with zero attached hydrogens (tertiary/aromatic N) is 3. The van der Waals surface area contributed by atoms with Gasteiger partial charge in [-0.05, 0) is 50.6 Å². The number of nitrogens with one attached hydrogen (secondary N) is 1. The molecule has 0 bridgehead atoms. The zero-order valence-electron chi connectivity index (χ0n) is 17.6. The highest BCUT2D eigenvalue weighted by atomic mass is 16.5. The number of nitrogens with two attached hydrogens (primary N) is 1. The van der Waals surface area contributed by atoms with E-state index in [0.29, 0.717) is 11.7 Å². The minimum atomic E-state index is 0.448. The minimum absolute atomic E-state index is 0.448. The number of hydrogen-bond donors (Lipinski definition) is 2. The number of aromatic nitrogens is 2. The zero-order chi connectivity index (χ0) is 20.8. The molecule has 6 heteroatoms. The van der Waals surface area contributed by atoms with E-state index in [1.807, 2.05) is 42.8 Å². The Kier molecular flexibility index (Phi) is 6.75. The Morgan fingerprint density at radius 2 is 2.10 bits per heavy atom. The number of rotatable bonds is 7. The van der Waals surface area contributed by atoms with E-state index in [1.165, 1.54) is 19.3 Å². The number of hydrogen-bond acceptors (Lipinski definition) is 5. The van der Waals surface area contributed by atoms with Crippen molar-refractivity contribution in [3.05, 3.63) is 60.6 Å². The summed E-state index contributed by atoms with van der Waals surface area (Å²) in [5.41, 5.74) is 10.6. The van der Waals surface area contributed by atoms with Gasteiger partial charge < -0.3 is 20.4 Å². The number of imidazole rings is 1. The van der Waals surface area contributed by atoms with Crippen LogP contribution in [0.2, 0.25) is 0 Å². The lowest BCUT2D eigenvalue weighted by Crippen LogP contribution is -2.20. The maximum Gasteiger partial charge on any atom is 0.144 e. The molecule has 1 aromatic carbocycles. The molecule has 1 aromatic heterocycles. The van der Waals surface area contributed by atoms with Crippen molar-refractivity contribution in [2.75, 3.05) is 12.4 Å². The Morgan fingerprint density at radius 1 is 1.34 bits per heavy atom. The van der Waals surface area contributed by atoms with Crippen molar-refractivity contribution < 1.29 is 4.74 Å². The van der Waals surface area contributed by atoms with Crippen molar-refractivity contribution in [1.29, 1.82) is 0 Å². The molecule has 0 atom stereocenters. The molecule has 0 radical (unpaired) electrons. The Morgan fingerprint density at radius 3 is 2.72 bits per heavy atom. The second kappa shape index (κ2) is 9.45. The van der Waals surface area contributed by atoms with Gasteiger partial charge in [-0.2, -0.15) is 0 Å². The first-order valence-electron chi connectivity index (χ1n) is 10.1. The van der Waals surface area contributed by atoms with Crippen LogP contribution < -0.4 is 15.8 Å². The molecule has 0 saturated heterocycles. The van der Waals surface area contributed by atoms with E-state index in [9.17, 15) is 0 Å². The van der Waals surface area contributed by atoms with E-state index < -0.39 is 0 Å². The fourth-order valence-electron chi connectivity index (χ4n) is 3.82. The first kappa shape index (κ1) is 20.7. The molecule has 0 amide bonds. The molecule has 3 N–H and O–H groups in total. The number of aliphatic imine (C=N–C) groups is 1. The summed E-state index contributed by atoms with van der Waals surface area (Å²) in [6, 6.07) is 5.92. The summed E-state index contributed by atoms with van der Waals surface area (Å²) < 4.78 is 7.53. The molecule has 0 unspecified atom stereocenters. The average Bonchev–Trinajstić information content (AvgIpc) is 3.18. The molecule has 1 aliphatic rings. The summed E-state index contributed by atoms with van der Waals surface area (Å²) >= 11 is 0. The molecule has 0 aliphatic heterocycles. The maximum absolute atomic E-state index is 5.80. The standard InChI is InChI=1S/C23H31N5O/c1-16(13-24)23(19-8-6-5-7-9-19)27-18(3)26-20-10-11-21(22(12-20)29-4)28-14-17(2)25-15-28/h10-15,19,26H,3,5-9,24H2,1-2,4H3/b16-13-,27-23+. The van der Waals surface area contributed by atoms with Crippen LogP contribution in [0.1, 0.15) is 44.7 Å². The summed E-state index contributed by atoms with van der Waals surface area (Å²) in [4.78, 5) is 9.10. The highest BCUT2D eigenvalue weighted by Gasteiger charge is 2.20. The van der Waals surface area contributed by atoms with Crippen molar-refractivity contribution in [3.8, 4) is 11.4 Å². The monoisotopic (exact) mass is 393 g/mol. The molecule has 0 spiro atoms. The lowest BCUT2D eigenvalue weighted by Gasteiger charge is -2.24. The van der Waals surface area contributed by atoms with Crippen LogP contribution in [0.4, 0.5) is 5.69 Å². The Bertz CT molecular complexity index is 919. The molecule has 2 aromatic rings. The van der Waals surface area contributed by atoms with Crippen LogP contribution in [0.15, 0.2) is 59.9 Å². The SMILES string of the molecule is C=C(/N=C(\C(C)=C/N)C1CCCCC1)Nc1ccc(-n2cnc(C)c2)c(OC)c1. The highest BCUT2D eigenvalue weighted by molar-refractivity contribution is 6.02. The Hall–Kier alpha value is -3.02. The van der Waals surface area contributed by atoms with Crippen molar-refractivity contribution in [2.24, 2.45) is 16.6 Å². The molecule has 1 fully saturated rings. The second-order valence-corrected chi connectivity index (χ2v) is 7.56. The van der Waals surface area contributed by atoms with Crippen molar-refractivity contribution in [1.82, 2.24) is 9.55 Å². The third kappa shape index (κ3) is 5.08. The van der Waals surface area contributed by atoms with Crippen LogP contribution in [-0.2, 0) is 0 Å². The van der Waals surface area contributed by atoms with Crippen molar-refractivity contribution in [2.45, 2.75) is 46.0 Å². The van der Waals surface area contributed by atoms with E-state index >= 15 is 0 Å². The van der Waals surface area contributed by atoms with Crippen LogP contribution >= 0.6 is 0 Å². The van der Waals surface area contributed by atoms with Crippen LogP contribution in [0, 0.1) is 12.8 Å². The van der Waals surface area contributed by atoms with Gasteiger partial charge in [0.05, 0.1) is 30.5 Å². The number of benzene rings is 1. The number of ether oxygens (including phenoxy) is 1. The third-order valence-corrected chi connectivity index (χ3v) is 5.36. The number of allylic oxidation sites excluding steroid dienone is 1. The van der Waals surface area contributed by atoms with Gasteiger partial charge in [0.15, 0.2) is 0 Å². The molecular weight excluding hydrogens is 362 g/mol. The summed E-state index contributed by atoms with van der Waals surface area (Å²) in [6.45, 7) is 8.10. The van der Waals surface area contributed by atoms with Gasteiger partial charge in [-0.3, -0.25) is 0 Å². The fourth-order valence-corrected chi connectivity index (χ4v) is 3.82. The average molecular weight is 394 g/mol. The van der Waals surface area contributed by atoms with Gasteiger partial charge >= 0.3 is 0 Å². The molecule has 1 saturated carbocycles. The van der Waals surface area contributed by atoms with Crippen LogP contribution in [0.3, 0.4) is 0 Å². The molecule has 6 nitrogen and oxygen atoms in total. The van der Waals surface area contributed by atoms with E-state index in [4.69, 9.17) is 15.5 Å². The van der Waals surface area contributed by atoms with E-state index in [2.05, 4.69) is 16.9 Å². The maximum atomic E-state index is 5.80. The topological polar surface area (TPSA) is 77.5 Å². The van der Waals surface area contributed by atoms with Crippen molar-refractivity contribution >= 4 is 11.4 Å². The summed E-state index contributed by atoms with van der Waals surface area (Å²) in [5, 5.41) is 3.29. The molecule has 154 valence electrons. The van der Waals surface area contributed by atoms with Gasteiger partial charge in [0, 0.05) is 23.9 Å². The van der Waals surface area contributed by atoms with Gasteiger partial charge in [-0.15, -0.1) is 0 Å². The van der Waals surface area contributed by atoms with E-state index in [0.717, 1.165) is 46.9 Å². The van der Waals surface area contributed by atoms with Gasteiger partial charge in [0.25, 0.3) is 0 Å². The smallest absolute Gasteiger partial charge is 0.144 e. The first-order valence-corrected chi connectivity index (χ1v) is 10.1.